The van der Waals surface area contributed by atoms with Gasteiger partial charge in [0.2, 0.25) is 0 Å². The maximum Gasteiger partial charge on any atom is 0.407 e. The molecule has 196 valence electrons. The quantitative estimate of drug-likeness (QED) is 0.156. The summed E-state index contributed by atoms with van der Waals surface area (Å²) in [6, 6.07) is 0. The third kappa shape index (κ3) is 22.3. The molecular weight excluding hydrogens is 416 g/mol. The van der Waals surface area contributed by atoms with Gasteiger partial charge in [0.1, 0.15) is 13.1 Å². The van der Waals surface area contributed by atoms with E-state index in [1.54, 1.807) is 0 Å². The number of carbonyl (C=O) groups excluding carboxylic acids is 2. The zero-order valence-electron chi connectivity index (χ0n) is 22.3. The molecule has 0 aromatic heterocycles. The summed E-state index contributed by atoms with van der Waals surface area (Å²) in [5, 5.41) is 13.7. The molecule has 6 heteroatoms. The Kier molecular flexibility index (Phi) is 20.4. The number of nitrogens with zero attached hydrogens (tertiary/aromatic N) is 1. The second-order valence-electron chi connectivity index (χ2n) is 10.3. The Labute approximate surface area is 204 Å². The van der Waals surface area contributed by atoms with Crippen LogP contribution in [0.4, 0.5) is 4.79 Å². The van der Waals surface area contributed by atoms with Gasteiger partial charge in [0, 0.05) is 6.54 Å². The number of ether oxygens (including phenoxy) is 1. The van der Waals surface area contributed by atoms with Crippen molar-refractivity contribution < 1.29 is 23.9 Å². The topological polar surface area (TPSA) is 78.5 Å². The van der Waals surface area contributed by atoms with Gasteiger partial charge in [0.25, 0.3) is 0 Å². The van der Waals surface area contributed by atoms with E-state index in [-0.39, 0.29) is 17.1 Å². The van der Waals surface area contributed by atoms with Gasteiger partial charge in [-0.25, -0.2) is 4.79 Å². The van der Waals surface area contributed by atoms with Gasteiger partial charge in [-0.2, -0.15) is 0 Å². The molecule has 1 N–H and O–H groups in total. The second kappa shape index (κ2) is 21.2. The lowest BCUT2D eigenvalue weighted by Crippen LogP contribution is -2.52. The standard InChI is InChI=1S/C27H54N2O4/c1-5-7-8-9-10-11-12-13-14-15-16-17-18-19-20-21-22-25(33-27(32)28-6-2)23-29(3,4)24-26(30)31/h25H,5-24H2,1-4H3,(H-,28,30,31,32). The van der Waals surface area contributed by atoms with Crippen LogP contribution < -0.4 is 10.4 Å². The molecule has 0 rings (SSSR count). The molecule has 0 radical (unpaired) electrons. The van der Waals surface area contributed by atoms with Crippen molar-refractivity contribution >= 4 is 12.1 Å². The fraction of sp³-hybridized carbons (Fsp3) is 0.926. The van der Waals surface area contributed by atoms with E-state index >= 15 is 0 Å². The molecule has 0 spiro atoms. The smallest absolute Gasteiger partial charge is 0.407 e. The summed E-state index contributed by atoms with van der Waals surface area (Å²) in [6.07, 6.45) is 21.3. The van der Waals surface area contributed by atoms with Crippen LogP contribution in [0.5, 0.6) is 0 Å². The van der Waals surface area contributed by atoms with Gasteiger partial charge in [-0.3, -0.25) is 0 Å². The highest BCUT2D eigenvalue weighted by Crippen LogP contribution is 2.16. The average molecular weight is 471 g/mol. The minimum atomic E-state index is -1.08. The van der Waals surface area contributed by atoms with E-state index in [1.807, 2.05) is 21.0 Å². The van der Waals surface area contributed by atoms with Crippen molar-refractivity contribution in [3.63, 3.8) is 0 Å². The summed E-state index contributed by atoms with van der Waals surface area (Å²) in [4.78, 5) is 22.9. The van der Waals surface area contributed by atoms with Gasteiger partial charge in [-0.1, -0.05) is 103 Å². The van der Waals surface area contributed by atoms with E-state index in [0.717, 1.165) is 19.3 Å². The molecule has 0 saturated carbocycles. The Morgan fingerprint density at radius 3 is 1.58 bits per heavy atom. The fourth-order valence-corrected chi connectivity index (χ4v) is 4.41. The first kappa shape index (κ1) is 31.7. The van der Waals surface area contributed by atoms with Crippen LogP contribution in [0, 0.1) is 0 Å². The third-order valence-electron chi connectivity index (χ3n) is 6.23. The molecule has 0 aliphatic carbocycles. The number of nitrogens with one attached hydrogen (secondary N) is 1. The van der Waals surface area contributed by atoms with E-state index in [2.05, 4.69) is 12.2 Å². The molecule has 1 atom stereocenters. The summed E-state index contributed by atoms with van der Waals surface area (Å²) in [7, 11) is 3.66. The van der Waals surface area contributed by atoms with E-state index in [0.29, 0.717) is 13.1 Å². The summed E-state index contributed by atoms with van der Waals surface area (Å²) >= 11 is 0. The summed E-state index contributed by atoms with van der Waals surface area (Å²) in [5.41, 5.74) is 0. The average Bonchev–Trinajstić information content (AvgIpc) is 2.72. The van der Waals surface area contributed by atoms with Crippen LogP contribution in [-0.2, 0) is 9.53 Å². The predicted molar refractivity (Wildman–Crippen MR) is 135 cm³/mol. The van der Waals surface area contributed by atoms with Crippen molar-refractivity contribution in [3.8, 4) is 0 Å². The summed E-state index contributed by atoms with van der Waals surface area (Å²) in [5.74, 6) is -1.08. The largest absolute Gasteiger partial charge is 0.544 e. The maximum absolute atomic E-state index is 11.9. The molecule has 0 fully saturated rings. The molecule has 33 heavy (non-hydrogen) atoms. The highest BCUT2D eigenvalue weighted by Gasteiger charge is 2.25. The number of amides is 1. The van der Waals surface area contributed by atoms with E-state index < -0.39 is 12.1 Å². The number of rotatable bonds is 23. The maximum atomic E-state index is 11.9. The van der Waals surface area contributed by atoms with E-state index in [9.17, 15) is 14.7 Å². The number of carboxylic acid groups (broad SMARTS) is 1. The van der Waals surface area contributed by atoms with Crippen LogP contribution in [0.3, 0.4) is 0 Å². The lowest BCUT2D eigenvalue weighted by molar-refractivity contribution is -0.887. The van der Waals surface area contributed by atoms with Gasteiger partial charge >= 0.3 is 6.09 Å². The Hall–Kier alpha value is -1.30. The van der Waals surface area contributed by atoms with Gasteiger partial charge in [-0.15, -0.1) is 0 Å². The van der Waals surface area contributed by atoms with E-state index in [1.165, 1.54) is 89.9 Å². The highest BCUT2D eigenvalue weighted by molar-refractivity contribution is 5.67. The monoisotopic (exact) mass is 470 g/mol. The van der Waals surface area contributed by atoms with Crippen LogP contribution in [0.1, 0.15) is 123 Å². The van der Waals surface area contributed by atoms with Gasteiger partial charge in [-0.05, 0) is 19.8 Å². The lowest BCUT2D eigenvalue weighted by atomic mass is 10.0. The van der Waals surface area contributed by atoms with Crippen molar-refractivity contribution in [3.05, 3.63) is 0 Å². The molecule has 0 aliphatic heterocycles. The van der Waals surface area contributed by atoms with E-state index in [4.69, 9.17) is 4.74 Å². The predicted octanol–water partition coefficient (Wildman–Crippen LogP) is 5.58. The first-order valence-electron chi connectivity index (χ1n) is 13.8. The van der Waals surface area contributed by atoms with Crippen LogP contribution in [0.15, 0.2) is 0 Å². The molecule has 0 bridgehead atoms. The Balaban J connectivity index is 3.82. The van der Waals surface area contributed by atoms with Gasteiger partial charge in [0.05, 0.1) is 20.1 Å². The van der Waals surface area contributed by atoms with Gasteiger partial charge < -0.3 is 24.4 Å². The third-order valence-corrected chi connectivity index (χ3v) is 6.23. The van der Waals surface area contributed by atoms with Crippen LogP contribution in [0.2, 0.25) is 0 Å². The Morgan fingerprint density at radius 2 is 1.18 bits per heavy atom. The number of hydrogen-bond donors (Lipinski definition) is 1. The zero-order chi connectivity index (χ0) is 24.8. The number of aliphatic carboxylic acids is 1. The SMILES string of the molecule is CCCCCCCCCCCCCCCCCCC(C[N+](C)(C)CC(=O)[O-])OC(=O)NCC. The number of unbranched alkanes of at least 4 members (excludes halogenated alkanes) is 15. The number of carboxylic acids is 1. The molecule has 0 aromatic carbocycles. The molecular formula is C27H54N2O4. The highest BCUT2D eigenvalue weighted by atomic mass is 16.6. The molecule has 0 aliphatic rings. The normalized spacial score (nSPS) is 12.5. The number of alkyl carbamates (subject to hydrolysis) is 1. The summed E-state index contributed by atoms with van der Waals surface area (Å²) < 4.78 is 5.79. The van der Waals surface area contributed by atoms with Gasteiger partial charge in [0.15, 0.2) is 6.10 Å². The molecule has 6 nitrogen and oxygen atoms in total. The van der Waals surface area contributed by atoms with Crippen molar-refractivity contribution in [2.45, 2.75) is 129 Å². The first-order chi connectivity index (χ1) is 15.8. The minimum absolute atomic E-state index is 0.0891. The fourth-order valence-electron chi connectivity index (χ4n) is 4.41. The lowest BCUT2D eigenvalue weighted by Gasteiger charge is -2.33. The summed E-state index contributed by atoms with van der Waals surface area (Å²) in [6.45, 7) is 5.02. The first-order valence-corrected chi connectivity index (χ1v) is 13.8. The van der Waals surface area contributed by atoms with Crippen molar-refractivity contribution in [2.75, 3.05) is 33.7 Å². The number of likely N-dealkylation sites (N-methyl/N-ethyl adjacent to an activating group) is 1. The van der Waals surface area contributed by atoms with Crippen LogP contribution >= 0.6 is 0 Å². The van der Waals surface area contributed by atoms with Crippen LogP contribution in [-0.4, -0.2) is 56.4 Å². The second-order valence-corrected chi connectivity index (χ2v) is 10.3. The van der Waals surface area contributed by atoms with Crippen LogP contribution in [0.25, 0.3) is 0 Å². The Bertz CT molecular complexity index is 483. The number of quaternary nitrogens is 1. The minimum Gasteiger partial charge on any atom is -0.544 e. The molecule has 0 saturated heterocycles. The molecule has 0 heterocycles. The zero-order valence-corrected chi connectivity index (χ0v) is 22.3. The van der Waals surface area contributed by atoms with Crippen molar-refractivity contribution in [2.24, 2.45) is 0 Å². The number of hydrogen-bond acceptors (Lipinski definition) is 4. The molecule has 0 aromatic rings. The molecule has 1 amide bonds. The Morgan fingerprint density at radius 1 is 0.758 bits per heavy atom. The molecule has 1 unspecified atom stereocenters. The van der Waals surface area contributed by atoms with Crippen molar-refractivity contribution in [1.29, 1.82) is 0 Å². The number of carbonyl (C=O) groups is 2. The van der Waals surface area contributed by atoms with Crippen molar-refractivity contribution in [1.82, 2.24) is 5.32 Å².